The number of nitrogens with two attached hydrogens (primary N) is 1. The van der Waals surface area contributed by atoms with Crippen molar-refractivity contribution < 1.29 is 23.5 Å². The normalized spacial score (nSPS) is 12.8. The number of carbonyl (C=O) groups excluding carboxylic acids is 2. The van der Waals surface area contributed by atoms with Crippen molar-refractivity contribution in [3.05, 3.63) is 59.5 Å². The molecule has 1 aliphatic rings. The number of amides is 3. The van der Waals surface area contributed by atoms with Crippen LogP contribution in [0, 0.1) is 5.82 Å². The summed E-state index contributed by atoms with van der Waals surface area (Å²) in [7, 11) is 3.04. The zero-order chi connectivity index (χ0) is 22.8. The Morgan fingerprint density at radius 3 is 2.56 bits per heavy atom. The van der Waals surface area contributed by atoms with E-state index in [1.807, 2.05) is 0 Å². The van der Waals surface area contributed by atoms with Gasteiger partial charge in [-0.3, -0.25) is 9.48 Å². The summed E-state index contributed by atoms with van der Waals surface area (Å²) in [6.45, 7) is 0.860. The molecule has 2 heterocycles. The van der Waals surface area contributed by atoms with E-state index in [2.05, 4.69) is 10.4 Å². The van der Waals surface area contributed by atoms with Crippen LogP contribution in [-0.2, 0) is 13.1 Å². The lowest BCUT2D eigenvalue weighted by atomic mass is 10.0. The lowest BCUT2D eigenvalue weighted by Gasteiger charge is -2.28. The van der Waals surface area contributed by atoms with Gasteiger partial charge in [0.05, 0.1) is 38.6 Å². The van der Waals surface area contributed by atoms with Crippen LogP contribution in [0.2, 0.25) is 0 Å². The van der Waals surface area contributed by atoms with Gasteiger partial charge in [-0.2, -0.15) is 5.10 Å². The van der Waals surface area contributed by atoms with Crippen LogP contribution in [0.3, 0.4) is 0 Å². The zero-order valence-electron chi connectivity index (χ0n) is 17.6. The van der Waals surface area contributed by atoms with Crippen molar-refractivity contribution in [3.8, 4) is 22.8 Å². The van der Waals surface area contributed by atoms with Crippen molar-refractivity contribution in [3.63, 3.8) is 0 Å². The number of carbonyl (C=O) groups is 2. The molecular formula is C22H22FN5O4. The topological polar surface area (TPSA) is 112 Å². The number of hydrogen-bond acceptors (Lipinski definition) is 5. The van der Waals surface area contributed by atoms with Crippen molar-refractivity contribution in [1.29, 1.82) is 0 Å². The van der Waals surface area contributed by atoms with Crippen LogP contribution in [0.4, 0.5) is 14.9 Å². The Morgan fingerprint density at radius 2 is 1.88 bits per heavy atom. The van der Waals surface area contributed by atoms with Crippen LogP contribution in [0.1, 0.15) is 16.1 Å². The summed E-state index contributed by atoms with van der Waals surface area (Å²) in [5, 5.41) is 7.28. The van der Waals surface area contributed by atoms with E-state index in [-0.39, 0.29) is 18.1 Å². The summed E-state index contributed by atoms with van der Waals surface area (Å²) >= 11 is 0. The predicted molar refractivity (Wildman–Crippen MR) is 115 cm³/mol. The first-order chi connectivity index (χ1) is 15.4. The van der Waals surface area contributed by atoms with E-state index in [0.717, 1.165) is 0 Å². The molecule has 0 bridgehead atoms. The van der Waals surface area contributed by atoms with Crippen LogP contribution in [0.15, 0.2) is 42.5 Å². The minimum Gasteiger partial charge on any atom is -0.493 e. The molecule has 0 atom stereocenters. The fraction of sp³-hybridized carbons (Fsp3) is 0.227. The first-order valence-electron chi connectivity index (χ1n) is 9.84. The Morgan fingerprint density at radius 1 is 1.09 bits per heavy atom. The molecule has 166 valence electrons. The van der Waals surface area contributed by atoms with Crippen LogP contribution >= 0.6 is 0 Å². The highest BCUT2D eigenvalue weighted by Crippen LogP contribution is 2.31. The number of methoxy groups -OCH3 is 2. The second-order valence-corrected chi connectivity index (χ2v) is 7.19. The van der Waals surface area contributed by atoms with Crippen molar-refractivity contribution in [2.45, 2.75) is 13.1 Å². The molecule has 9 nitrogen and oxygen atoms in total. The maximum atomic E-state index is 13.7. The Bertz CT molecular complexity index is 1190. The van der Waals surface area contributed by atoms with E-state index in [4.69, 9.17) is 15.2 Å². The zero-order valence-corrected chi connectivity index (χ0v) is 17.6. The molecular weight excluding hydrogens is 417 g/mol. The highest BCUT2D eigenvalue weighted by Gasteiger charge is 2.29. The molecule has 0 aliphatic carbocycles. The largest absolute Gasteiger partial charge is 0.493 e. The van der Waals surface area contributed by atoms with E-state index < -0.39 is 11.7 Å². The van der Waals surface area contributed by atoms with Gasteiger partial charge in [0.2, 0.25) is 0 Å². The molecule has 0 saturated carbocycles. The summed E-state index contributed by atoms with van der Waals surface area (Å²) < 4.78 is 25.8. The molecule has 0 unspecified atom stereocenters. The summed E-state index contributed by atoms with van der Waals surface area (Å²) in [6.07, 6.45) is 0. The average Bonchev–Trinajstić information content (AvgIpc) is 3.18. The van der Waals surface area contributed by atoms with Gasteiger partial charge in [-0.25, -0.2) is 9.18 Å². The van der Waals surface area contributed by atoms with E-state index in [9.17, 15) is 14.0 Å². The number of benzene rings is 2. The van der Waals surface area contributed by atoms with Gasteiger partial charge in [0, 0.05) is 23.9 Å². The number of urea groups is 1. The first kappa shape index (κ1) is 21.2. The lowest BCUT2D eigenvalue weighted by molar-refractivity contribution is 0.0997. The molecule has 0 radical (unpaired) electrons. The average molecular weight is 439 g/mol. The molecule has 4 rings (SSSR count). The third kappa shape index (κ3) is 3.94. The number of aromatic nitrogens is 2. The highest BCUT2D eigenvalue weighted by molar-refractivity contribution is 6.00. The summed E-state index contributed by atoms with van der Waals surface area (Å²) in [5.74, 6) is -0.103. The van der Waals surface area contributed by atoms with Crippen LogP contribution in [0.5, 0.6) is 11.5 Å². The minimum atomic E-state index is -0.687. The Kier molecular flexibility index (Phi) is 5.67. The monoisotopic (exact) mass is 439 g/mol. The number of anilines is 1. The van der Waals surface area contributed by atoms with Gasteiger partial charge in [-0.15, -0.1) is 0 Å². The van der Waals surface area contributed by atoms with E-state index in [1.54, 1.807) is 33.8 Å². The van der Waals surface area contributed by atoms with E-state index >= 15 is 0 Å². The molecule has 3 aromatic rings. The Hall–Kier alpha value is -4.08. The van der Waals surface area contributed by atoms with Gasteiger partial charge >= 0.3 is 6.03 Å². The van der Waals surface area contributed by atoms with Gasteiger partial charge in [0.15, 0.2) is 11.5 Å². The molecule has 1 aliphatic heterocycles. The fourth-order valence-electron chi connectivity index (χ4n) is 3.70. The molecule has 2 aromatic carbocycles. The van der Waals surface area contributed by atoms with E-state index in [0.29, 0.717) is 47.2 Å². The molecule has 0 saturated heterocycles. The SMILES string of the molecule is COc1ccc(NC(=O)N2CCn3nc(-c4cccc(F)c4)c(C(N)=O)c3C2)cc1OC. The van der Waals surface area contributed by atoms with Crippen LogP contribution in [-0.4, -0.2) is 47.4 Å². The minimum absolute atomic E-state index is 0.125. The van der Waals surface area contributed by atoms with E-state index in [1.165, 1.54) is 32.4 Å². The fourth-order valence-corrected chi connectivity index (χ4v) is 3.70. The number of hydrogen-bond donors (Lipinski definition) is 2. The van der Waals surface area contributed by atoms with Gasteiger partial charge in [0.25, 0.3) is 5.91 Å². The lowest BCUT2D eigenvalue weighted by Crippen LogP contribution is -2.41. The van der Waals surface area contributed by atoms with Gasteiger partial charge < -0.3 is 25.4 Å². The quantitative estimate of drug-likeness (QED) is 0.635. The number of ether oxygens (including phenoxy) is 2. The third-order valence-corrected chi connectivity index (χ3v) is 5.25. The molecule has 3 N–H and O–H groups in total. The summed E-state index contributed by atoms with van der Waals surface area (Å²) in [4.78, 5) is 26.7. The highest BCUT2D eigenvalue weighted by atomic mass is 19.1. The number of halogens is 1. The van der Waals surface area contributed by atoms with Gasteiger partial charge in [0.1, 0.15) is 11.5 Å². The molecule has 10 heteroatoms. The smallest absolute Gasteiger partial charge is 0.322 e. The Labute approximate surface area is 183 Å². The number of nitrogens with zero attached hydrogens (tertiary/aromatic N) is 3. The maximum absolute atomic E-state index is 13.7. The molecule has 0 fully saturated rings. The van der Waals surface area contributed by atoms with Crippen LogP contribution in [0.25, 0.3) is 11.3 Å². The van der Waals surface area contributed by atoms with Crippen molar-refractivity contribution >= 4 is 17.6 Å². The number of primary amides is 1. The standard InChI is InChI=1S/C22H22FN5O4/c1-31-17-7-6-15(11-18(17)32-2)25-22(30)27-8-9-28-16(12-27)19(21(24)29)20(26-28)13-4-3-5-14(23)10-13/h3-7,10-11H,8-9,12H2,1-2H3,(H2,24,29)(H,25,30). The maximum Gasteiger partial charge on any atom is 0.322 e. The molecule has 0 spiro atoms. The number of nitrogens with one attached hydrogen (secondary N) is 1. The van der Waals surface area contributed by atoms with Gasteiger partial charge in [-0.05, 0) is 24.3 Å². The van der Waals surface area contributed by atoms with Gasteiger partial charge in [-0.1, -0.05) is 12.1 Å². The van der Waals surface area contributed by atoms with Crippen molar-refractivity contribution in [1.82, 2.24) is 14.7 Å². The third-order valence-electron chi connectivity index (χ3n) is 5.25. The second-order valence-electron chi connectivity index (χ2n) is 7.19. The molecule has 32 heavy (non-hydrogen) atoms. The summed E-state index contributed by atoms with van der Waals surface area (Å²) in [6, 6.07) is 10.5. The summed E-state index contributed by atoms with van der Waals surface area (Å²) in [5.41, 5.74) is 7.59. The molecule has 3 amide bonds. The predicted octanol–water partition coefficient (Wildman–Crippen LogP) is 2.85. The molecule has 1 aromatic heterocycles. The second kappa shape index (κ2) is 8.58. The van der Waals surface area contributed by atoms with Crippen molar-refractivity contribution in [2.24, 2.45) is 5.73 Å². The number of fused-ring (bicyclic) bond motifs is 1. The Balaban J connectivity index is 1.59. The number of rotatable bonds is 5. The first-order valence-corrected chi connectivity index (χ1v) is 9.84. The van der Waals surface area contributed by atoms with Crippen molar-refractivity contribution in [2.75, 3.05) is 26.1 Å². The van der Waals surface area contributed by atoms with Crippen LogP contribution < -0.4 is 20.5 Å².